The highest BCUT2D eigenvalue weighted by atomic mass is 35.5. The molecule has 2 aromatic rings. The van der Waals surface area contributed by atoms with Gasteiger partial charge in [0.2, 0.25) is 0 Å². The third-order valence-corrected chi connectivity index (χ3v) is 5.00. The van der Waals surface area contributed by atoms with Crippen molar-refractivity contribution in [1.82, 2.24) is 4.90 Å². The first-order valence-electron chi connectivity index (χ1n) is 7.45. The molecule has 136 valence electrons. The summed E-state index contributed by atoms with van der Waals surface area (Å²) in [5, 5.41) is 1.16. The number of hydrogen-bond donors (Lipinski definition) is 1. The van der Waals surface area contributed by atoms with Crippen LogP contribution in [0.3, 0.4) is 0 Å². The van der Waals surface area contributed by atoms with Crippen LogP contribution in [-0.2, 0) is 17.5 Å². The van der Waals surface area contributed by atoms with Crippen LogP contribution in [0.4, 0.5) is 23.7 Å². The zero-order chi connectivity index (χ0) is 18.9. The molecule has 1 unspecified atom stereocenters. The van der Waals surface area contributed by atoms with Gasteiger partial charge in [-0.25, -0.2) is 0 Å². The van der Waals surface area contributed by atoms with Crippen LogP contribution in [0.2, 0.25) is 5.02 Å². The third-order valence-electron chi connectivity index (χ3n) is 3.69. The maximum Gasteiger partial charge on any atom is 0.416 e. The van der Waals surface area contributed by atoms with E-state index in [1.807, 2.05) is 6.07 Å². The van der Waals surface area contributed by atoms with Gasteiger partial charge in [-0.05, 0) is 35.5 Å². The lowest BCUT2D eigenvalue weighted by molar-refractivity contribution is -0.137. The van der Waals surface area contributed by atoms with Crippen LogP contribution in [0.1, 0.15) is 11.1 Å². The van der Waals surface area contributed by atoms with Crippen molar-refractivity contribution in [3.05, 3.63) is 64.7 Å². The molecule has 0 aromatic heterocycles. The average Bonchev–Trinajstić information content (AvgIpc) is 2.84. The molecule has 0 spiro atoms. The fourth-order valence-corrected chi connectivity index (χ4v) is 3.47. The van der Waals surface area contributed by atoms with E-state index in [4.69, 9.17) is 11.6 Å². The van der Waals surface area contributed by atoms with Crippen molar-refractivity contribution in [3.8, 4) is 0 Å². The van der Waals surface area contributed by atoms with Crippen LogP contribution in [0.25, 0.3) is 0 Å². The fraction of sp³-hybridized carbons (Fsp3) is 0.176. The van der Waals surface area contributed by atoms with Gasteiger partial charge in [0.25, 0.3) is 11.1 Å². The minimum atomic E-state index is -4.54. The molecule has 1 saturated heterocycles. The fourth-order valence-electron chi connectivity index (χ4n) is 2.40. The average molecular weight is 401 g/mol. The lowest BCUT2D eigenvalue weighted by Gasteiger charge is -2.16. The number of thioether (sulfide) groups is 1. The van der Waals surface area contributed by atoms with Gasteiger partial charge >= 0.3 is 6.18 Å². The van der Waals surface area contributed by atoms with E-state index in [9.17, 15) is 22.8 Å². The van der Waals surface area contributed by atoms with Crippen LogP contribution < -0.4 is 5.32 Å². The Morgan fingerprint density at radius 3 is 2.46 bits per heavy atom. The number of hydrogen-bond acceptors (Lipinski definition) is 4. The molecule has 2 amide bonds. The molecule has 26 heavy (non-hydrogen) atoms. The minimum Gasteiger partial charge on any atom is -0.364 e. The number of nitrogens with zero attached hydrogens (tertiary/aromatic N) is 1. The van der Waals surface area contributed by atoms with E-state index in [-0.39, 0.29) is 17.3 Å². The molecule has 4 nitrogen and oxygen atoms in total. The van der Waals surface area contributed by atoms with Crippen molar-refractivity contribution >= 4 is 40.2 Å². The SMILES string of the molecule is O=C1SC(Nc2cc(C(F)(F)F)ccc2Cl)C(=O)N1Cc1ccccc1. The van der Waals surface area contributed by atoms with Crippen molar-refractivity contribution in [2.24, 2.45) is 0 Å². The highest BCUT2D eigenvalue weighted by Gasteiger charge is 2.40. The second kappa shape index (κ2) is 7.20. The van der Waals surface area contributed by atoms with Gasteiger partial charge in [0, 0.05) is 0 Å². The third kappa shape index (κ3) is 3.96. The van der Waals surface area contributed by atoms with Gasteiger partial charge in [-0.15, -0.1) is 0 Å². The molecule has 3 rings (SSSR count). The predicted octanol–water partition coefficient (Wildman–Crippen LogP) is 4.99. The second-order valence-electron chi connectivity index (χ2n) is 5.51. The number of carbonyl (C=O) groups excluding carboxylic acids is 2. The molecule has 0 bridgehead atoms. The van der Waals surface area contributed by atoms with Crippen LogP contribution in [-0.4, -0.2) is 21.4 Å². The van der Waals surface area contributed by atoms with Gasteiger partial charge < -0.3 is 5.32 Å². The molecule has 0 saturated carbocycles. The van der Waals surface area contributed by atoms with Crippen molar-refractivity contribution in [1.29, 1.82) is 0 Å². The largest absolute Gasteiger partial charge is 0.416 e. The first kappa shape index (κ1) is 18.6. The summed E-state index contributed by atoms with van der Waals surface area (Å²) in [6, 6.07) is 11.7. The van der Waals surface area contributed by atoms with E-state index in [0.29, 0.717) is 11.8 Å². The molecule has 1 aliphatic rings. The second-order valence-corrected chi connectivity index (χ2v) is 6.97. The van der Waals surface area contributed by atoms with E-state index in [1.165, 1.54) is 0 Å². The molecule has 1 aliphatic heterocycles. The Kier molecular flexibility index (Phi) is 5.15. The number of benzene rings is 2. The molecular weight excluding hydrogens is 389 g/mol. The summed E-state index contributed by atoms with van der Waals surface area (Å²) < 4.78 is 38.6. The number of anilines is 1. The standard InChI is InChI=1S/C17H12ClF3N2O2S/c18-12-7-6-11(17(19,20)21)8-13(12)22-14-15(24)23(16(25)26-14)9-10-4-2-1-3-5-10/h1-8,14,22H,9H2. The Bertz CT molecular complexity index is 846. The Balaban J connectivity index is 1.77. The topological polar surface area (TPSA) is 49.4 Å². The monoisotopic (exact) mass is 400 g/mol. The maximum absolute atomic E-state index is 12.9. The highest BCUT2D eigenvalue weighted by Crippen LogP contribution is 2.36. The summed E-state index contributed by atoms with van der Waals surface area (Å²) in [6.07, 6.45) is -4.54. The zero-order valence-corrected chi connectivity index (χ0v) is 14.7. The normalized spacial score (nSPS) is 17.7. The number of amides is 2. The molecule has 1 fully saturated rings. The Morgan fingerprint density at radius 1 is 1.12 bits per heavy atom. The van der Waals surface area contributed by atoms with Crippen molar-refractivity contribution in [3.63, 3.8) is 0 Å². The summed E-state index contributed by atoms with van der Waals surface area (Å²) in [5.74, 6) is -0.530. The van der Waals surface area contributed by atoms with Crippen LogP contribution in [0.15, 0.2) is 48.5 Å². The van der Waals surface area contributed by atoms with E-state index >= 15 is 0 Å². The van der Waals surface area contributed by atoms with Crippen LogP contribution in [0.5, 0.6) is 0 Å². The van der Waals surface area contributed by atoms with E-state index in [2.05, 4.69) is 5.32 Å². The summed E-state index contributed by atoms with van der Waals surface area (Å²) in [6.45, 7) is 0.0972. The Morgan fingerprint density at radius 2 is 1.81 bits per heavy atom. The summed E-state index contributed by atoms with van der Waals surface area (Å²) >= 11 is 6.63. The smallest absolute Gasteiger partial charge is 0.364 e. The van der Waals surface area contributed by atoms with Crippen molar-refractivity contribution in [2.45, 2.75) is 18.1 Å². The molecule has 9 heteroatoms. The lowest BCUT2D eigenvalue weighted by atomic mass is 10.2. The van der Waals surface area contributed by atoms with Gasteiger partial charge in [-0.1, -0.05) is 41.9 Å². The van der Waals surface area contributed by atoms with E-state index < -0.39 is 28.3 Å². The molecule has 1 heterocycles. The van der Waals surface area contributed by atoms with Gasteiger partial charge in [0.1, 0.15) is 0 Å². The van der Waals surface area contributed by atoms with Crippen LogP contribution in [0, 0.1) is 0 Å². The predicted molar refractivity (Wildman–Crippen MR) is 93.8 cm³/mol. The molecular formula is C17H12ClF3N2O2S. The summed E-state index contributed by atoms with van der Waals surface area (Å²) in [4.78, 5) is 25.6. The zero-order valence-electron chi connectivity index (χ0n) is 13.1. The van der Waals surface area contributed by atoms with Gasteiger partial charge in [-0.3, -0.25) is 14.5 Å². The number of carbonyl (C=O) groups is 2. The van der Waals surface area contributed by atoms with Crippen molar-refractivity contribution in [2.75, 3.05) is 5.32 Å². The summed E-state index contributed by atoms with van der Waals surface area (Å²) in [7, 11) is 0. The number of imide groups is 1. The maximum atomic E-state index is 12.9. The Hall–Kier alpha value is -2.19. The number of halogens is 4. The minimum absolute atomic E-state index is 0.0281. The number of rotatable bonds is 4. The first-order valence-corrected chi connectivity index (χ1v) is 8.70. The van der Waals surface area contributed by atoms with E-state index in [0.717, 1.165) is 28.7 Å². The highest BCUT2D eigenvalue weighted by molar-refractivity contribution is 8.15. The first-order chi connectivity index (χ1) is 12.3. The molecule has 1 N–H and O–H groups in total. The van der Waals surface area contributed by atoms with Crippen LogP contribution >= 0.6 is 23.4 Å². The molecule has 2 aromatic carbocycles. The van der Waals surface area contributed by atoms with Crippen molar-refractivity contribution < 1.29 is 22.8 Å². The molecule has 0 radical (unpaired) electrons. The van der Waals surface area contributed by atoms with Gasteiger partial charge in [0.15, 0.2) is 5.37 Å². The number of alkyl halides is 3. The number of nitrogens with one attached hydrogen (secondary N) is 1. The quantitative estimate of drug-likeness (QED) is 0.785. The lowest BCUT2D eigenvalue weighted by Crippen LogP contribution is -2.34. The molecule has 1 atom stereocenters. The Labute approximate surface area is 156 Å². The van der Waals surface area contributed by atoms with Gasteiger partial charge in [-0.2, -0.15) is 13.2 Å². The van der Waals surface area contributed by atoms with Gasteiger partial charge in [0.05, 0.1) is 22.8 Å². The molecule has 0 aliphatic carbocycles. The van der Waals surface area contributed by atoms with E-state index in [1.54, 1.807) is 24.3 Å². The summed E-state index contributed by atoms with van der Waals surface area (Å²) in [5.41, 5.74) is -0.179.